The van der Waals surface area contributed by atoms with E-state index in [-0.39, 0.29) is 5.91 Å². The average Bonchev–Trinajstić information content (AvgIpc) is 2.64. The van der Waals surface area contributed by atoms with Crippen molar-refractivity contribution >= 4 is 17.5 Å². The molecule has 0 atom stereocenters. The van der Waals surface area contributed by atoms with Crippen molar-refractivity contribution < 1.29 is 9.53 Å². The first-order valence-electron chi connectivity index (χ1n) is 9.22. The Labute approximate surface area is 154 Å². The van der Waals surface area contributed by atoms with Crippen LogP contribution in [-0.4, -0.2) is 35.6 Å². The van der Waals surface area contributed by atoms with Gasteiger partial charge in [-0.15, -0.1) is 0 Å². The second kappa shape index (κ2) is 8.65. The van der Waals surface area contributed by atoms with Gasteiger partial charge in [0.05, 0.1) is 13.0 Å². The lowest BCUT2D eigenvalue weighted by molar-refractivity contribution is -0.115. The number of hydrogen-bond donors (Lipinski definition) is 1. The van der Waals surface area contributed by atoms with Crippen molar-refractivity contribution in [3.05, 3.63) is 42.2 Å². The first kappa shape index (κ1) is 18.2. The van der Waals surface area contributed by atoms with E-state index in [9.17, 15) is 4.79 Å². The standard InChI is InChI=1S/C20H26N4O2/c1-3-26-17-6-4-16(5-7-17)12-20(25)23-18-13-19(22-14-21-18)24-10-8-15(2)9-11-24/h4-7,13-15H,3,8-12H2,1-2H3,(H,21,22,23,25). The number of carbonyl (C=O) groups excluding carboxylic acids is 1. The summed E-state index contributed by atoms with van der Waals surface area (Å²) in [6.07, 6.45) is 4.15. The second-order valence-corrected chi connectivity index (χ2v) is 6.73. The molecule has 2 heterocycles. The van der Waals surface area contributed by atoms with Gasteiger partial charge in [-0.1, -0.05) is 19.1 Å². The molecule has 0 aliphatic carbocycles. The highest BCUT2D eigenvalue weighted by Crippen LogP contribution is 2.22. The topological polar surface area (TPSA) is 67.3 Å². The number of ether oxygens (including phenoxy) is 1. The van der Waals surface area contributed by atoms with Gasteiger partial charge in [-0.3, -0.25) is 4.79 Å². The van der Waals surface area contributed by atoms with Gasteiger partial charge in [-0.2, -0.15) is 0 Å². The maximum atomic E-state index is 12.3. The number of rotatable bonds is 6. The predicted octanol–water partition coefficient (Wildman–Crippen LogP) is 3.29. The first-order chi connectivity index (χ1) is 12.6. The van der Waals surface area contributed by atoms with Gasteiger partial charge < -0.3 is 15.0 Å². The van der Waals surface area contributed by atoms with Crippen molar-refractivity contribution in [1.82, 2.24) is 9.97 Å². The lowest BCUT2D eigenvalue weighted by Crippen LogP contribution is -2.33. The molecular formula is C20H26N4O2. The Hall–Kier alpha value is -2.63. The molecular weight excluding hydrogens is 328 g/mol. The molecule has 1 fully saturated rings. The van der Waals surface area contributed by atoms with Crippen LogP contribution in [0.5, 0.6) is 5.75 Å². The summed E-state index contributed by atoms with van der Waals surface area (Å²) in [5.74, 6) is 2.91. The van der Waals surface area contributed by atoms with E-state index in [0.29, 0.717) is 18.8 Å². The van der Waals surface area contributed by atoms with E-state index < -0.39 is 0 Å². The zero-order chi connectivity index (χ0) is 18.4. The van der Waals surface area contributed by atoms with Crippen LogP contribution in [0, 0.1) is 5.92 Å². The van der Waals surface area contributed by atoms with Crippen molar-refractivity contribution in [2.45, 2.75) is 33.1 Å². The highest BCUT2D eigenvalue weighted by Gasteiger charge is 2.17. The van der Waals surface area contributed by atoms with E-state index in [4.69, 9.17) is 4.74 Å². The molecule has 26 heavy (non-hydrogen) atoms. The molecule has 0 saturated carbocycles. The second-order valence-electron chi connectivity index (χ2n) is 6.73. The van der Waals surface area contributed by atoms with Crippen molar-refractivity contribution in [2.75, 3.05) is 29.9 Å². The van der Waals surface area contributed by atoms with Crippen molar-refractivity contribution in [1.29, 1.82) is 0 Å². The fourth-order valence-corrected chi connectivity index (χ4v) is 3.07. The number of aromatic nitrogens is 2. The van der Waals surface area contributed by atoms with Gasteiger partial charge in [-0.05, 0) is 43.4 Å². The minimum Gasteiger partial charge on any atom is -0.494 e. The zero-order valence-electron chi connectivity index (χ0n) is 15.4. The van der Waals surface area contributed by atoms with Crippen LogP contribution in [0.2, 0.25) is 0 Å². The van der Waals surface area contributed by atoms with E-state index in [1.165, 1.54) is 19.2 Å². The highest BCUT2D eigenvalue weighted by atomic mass is 16.5. The van der Waals surface area contributed by atoms with Crippen LogP contribution < -0.4 is 15.0 Å². The number of benzene rings is 1. The molecule has 6 nitrogen and oxygen atoms in total. The molecule has 6 heteroatoms. The Balaban J connectivity index is 1.58. The summed E-state index contributed by atoms with van der Waals surface area (Å²) in [6, 6.07) is 9.43. The van der Waals surface area contributed by atoms with E-state index in [2.05, 4.69) is 27.1 Å². The van der Waals surface area contributed by atoms with E-state index in [1.54, 1.807) is 0 Å². The number of nitrogens with one attached hydrogen (secondary N) is 1. The molecule has 2 aromatic rings. The van der Waals surface area contributed by atoms with Gasteiger partial charge in [-0.25, -0.2) is 9.97 Å². The minimum atomic E-state index is -0.0916. The lowest BCUT2D eigenvalue weighted by atomic mass is 9.99. The predicted molar refractivity (Wildman–Crippen MR) is 103 cm³/mol. The summed E-state index contributed by atoms with van der Waals surface area (Å²) in [4.78, 5) is 23.1. The zero-order valence-corrected chi connectivity index (χ0v) is 15.4. The maximum absolute atomic E-state index is 12.3. The van der Waals surface area contributed by atoms with Gasteiger partial charge in [0, 0.05) is 19.2 Å². The highest BCUT2D eigenvalue weighted by molar-refractivity contribution is 5.91. The average molecular weight is 354 g/mol. The summed E-state index contributed by atoms with van der Waals surface area (Å²) in [7, 11) is 0. The molecule has 1 amide bonds. The van der Waals surface area contributed by atoms with Crippen LogP contribution in [0.1, 0.15) is 32.3 Å². The third-order valence-corrected chi connectivity index (χ3v) is 4.63. The normalized spacial score (nSPS) is 14.9. The van der Waals surface area contributed by atoms with Crippen molar-refractivity contribution in [3.8, 4) is 5.75 Å². The Bertz CT molecular complexity index is 725. The van der Waals surface area contributed by atoms with Gasteiger partial charge in [0.2, 0.25) is 5.91 Å². The molecule has 0 unspecified atom stereocenters. The largest absolute Gasteiger partial charge is 0.494 e. The van der Waals surface area contributed by atoms with Crippen LogP contribution in [0.3, 0.4) is 0 Å². The molecule has 3 rings (SSSR count). The Kier molecular flexibility index (Phi) is 6.04. The van der Waals surface area contributed by atoms with Crippen LogP contribution in [0.4, 0.5) is 11.6 Å². The van der Waals surface area contributed by atoms with Crippen LogP contribution in [0.15, 0.2) is 36.7 Å². The van der Waals surface area contributed by atoms with Crippen molar-refractivity contribution in [2.24, 2.45) is 5.92 Å². The summed E-state index contributed by atoms with van der Waals surface area (Å²) >= 11 is 0. The number of hydrogen-bond acceptors (Lipinski definition) is 5. The summed E-state index contributed by atoms with van der Waals surface area (Å²) in [5.41, 5.74) is 0.935. The molecule has 1 aliphatic rings. The Morgan fingerprint density at radius 2 is 1.96 bits per heavy atom. The number of nitrogens with zero attached hydrogens (tertiary/aromatic N) is 3. The molecule has 0 spiro atoms. The van der Waals surface area contributed by atoms with Crippen LogP contribution >= 0.6 is 0 Å². The summed E-state index contributed by atoms with van der Waals surface area (Å²) in [6.45, 7) is 6.85. The fraction of sp³-hybridized carbons (Fsp3) is 0.450. The lowest BCUT2D eigenvalue weighted by Gasteiger charge is -2.31. The monoisotopic (exact) mass is 354 g/mol. The third kappa shape index (κ3) is 4.94. The molecule has 1 N–H and O–H groups in total. The SMILES string of the molecule is CCOc1ccc(CC(=O)Nc2cc(N3CCC(C)CC3)ncn2)cc1. The molecule has 0 bridgehead atoms. The number of carbonyl (C=O) groups is 1. The van der Waals surface area contributed by atoms with E-state index >= 15 is 0 Å². The first-order valence-corrected chi connectivity index (χ1v) is 9.22. The van der Waals surface area contributed by atoms with Gasteiger partial charge in [0.15, 0.2) is 0 Å². The number of amides is 1. The molecule has 0 radical (unpaired) electrons. The summed E-state index contributed by atoms with van der Waals surface area (Å²) in [5, 5.41) is 2.87. The summed E-state index contributed by atoms with van der Waals surface area (Å²) < 4.78 is 5.42. The molecule has 1 aliphatic heterocycles. The molecule has 1 aromatic carbocycles. The van der Waals surface area contributed by atoms with Crippen LogP contribution in [0.25, 0.3) is 0 Å². The smallest absolute Gasteiger partial charge is 0.229 e. The maximum Gasteiger partial charge on any atom is 0.229 e. The van der Waals surface area contributed by atoms with E-state index in [0.717, 1.165) is 36.1 Å². The quantitative estimate of drug-likeness (QED) is 0.862. The molecule has 138 valence electrons. The van der Waals surface area contributed by atoms with Crippen molar-refractivity contribution in [3.63, 3.8) is 0 Å². The van der Waals surface area contributed by atoms with E-state index in [1.807, 2.05) is 37.3 Å². The number of anilines is 2. The Morgan fingerprint density at radius 1 is 1.23 bits per heavy atom. The number of piperidine rings is 1. The van der Waals surface area contributed by atoms with Gasteiger partial charge in [0.1, 0.15) is 23.7 Å². The minimum absolute atomic E-state index is 0.0916. The van der Waals surface area contributed by atoms with Crippen LogP contribution in [-0.2, 0) is 11.2 Å². The Morgan fingerprint density at radius 3 is 2.65 bits per heavy atom. The van der Waals surface area contributed by atoms with Gasteiger partial charge in [0.25, 0.3) is 0 Å². The van der Waals surface area contributed by atoms with Gasteiger partial charge >= 0.3 is 0 Å². The fourth-order valence-electron chi connectivity index (χ4n) is 3.07. The molecule has 1 aromatic heterocycles. The third-order valence-electron chi connectivity index (χ3n) is 4.63. The molecule has 1 saturated heterocycles.